The highest BCUT2D eigenvalue weighted by Gasteiger charge is 1.98. The molecule has 10 heavy (non-hydrogen) atoms. The quantitative estimate of drug-likeness (QED) is 0.308. The molecule has 0 N–H and O–H groups in total. The van der Waals surface area contributed by atoms with Crippen molar-refractivity contribution in [3.05, 3.63) is 20.2 Å². The zero-order valence-corrected chi connectivity index (χ0v) is 5.06. The van der Waals surface area contributed by atoms with Gasteiger partial charge in [-0.25, -0.2) is 0 Å². The van der Waals surface area contributed by atoms with Gasteiger partial charge in [-0.05, 0) is 0 Å². The van der Waals surface area contributed by atoms with Gasteiger partial charge < -0.3 is 4.84 Å². The summed E-state index contributed by atoms with van der Waals surface area (Å²) in [6, 6.07) is 0. The maximum Gasteiger partial charge on any atom is 0.294 e. The first-order chi connectivity index (χ1) is 4.63. The second-order valence-corrected chi connectivity index (χ2v) is 1.47. The molecule has 0 saturated heterocycles. The van der Waals surface area contributed by atoms with E-state index >= 15 is 0 Å². The molecule has 0 aliphatic rings. The zero-order chi connectivity index (χ0) is 7.98. The molecule has 0 fully saturated rings. The van der Waals surface area contributed by atoms with Crippen LogP contribution in [-0.4, -0.2) is 23.2 Å². The number of nitrogens with zero attached hydrogens (tertiary/aromatic N) is 2. The predicted octanol–water partition coefficient (Wildman–Crippen LogP) is -0.139. The fraction of sp³-hybridized carbons (Fsp3) is 1.00. The molecule has 0 aliphatic carbocycles. The standard InChI is InChI=1S/C3H6N2O5/c6-4(7)2-1-3-10-5(8)9/h1-3H2. The van der Waals surface area contributed by atoms with Crippen LogP contribution in [0.3, 0.4) is 0 Å². The highest BCUT2D eigenvalue weighted by molar-refractivity contribution is 4.28. The van der Waals surface area contributed by atoms with E-state index in [1.807, 2.05) is 0 Å². The summed E-state index contributed by atoms with van der Waals surface area (Å²) < 4.78 is 0. The fourth-order valence-corrected chi connectivity index (χ4v) is 0.333. The van der Waals surface area contributed by atoms with Crippen molar-refractivity contribution in [1.82, 2.24) is 0 Å². The topological polar surface area (TPSA) is 95.5 Å². The normalized spacial score (nSPS) is 8.80. The lowest BCUT2D eigenvalue weighted by Gasteiger charge is -1.92. The van der Waals surface area contributed by atoms with E-state index in [1.165, 1.54) is 0 Å². The Kier molecular flexibility index (Phi) is 3.85. The summed E-state index contributed by atoms with van der Waals surface area (Å²) in [6.45, 7) is -0.512. The molecular formula is C3H6N2O5. The lowest BCUT2D eigenvalue weighted by molar-refractivity contribution is -0.758. The molecular weight excluding hydrogens is 144 g/mol. The monoisotopic (exact) mass is 150 g/mol. The van der Waals surface area contributed by atoms with Crippen LogP contribution >= 0.6 is 0 Å². The van der Waals surface area contributed by atoms with Crippen LogP contribution in [-0.2, 0) is 4.84 Å². The number of rotatable bonds is 5. The van der Waals surface area contributed by atoms with Gasteiger partial charge in [-0.1, -0.05) is 0 Å². The van der Waals surface area contributed by atoms with Gasteiger partial charge >= 0.3 is 0 Å². The second kappa shape index (κ2) is 4.48. The average Bonchev–Trinajstić information content (AvgIpc) is 1.79. The van der Waals surface area contributed by atoms with Crippen LogP contribution in [0.4, 0.5) is 0 Å². The van der Waals surface area contributed by atoms with E-state index in [0.29, 0.717) is 0 Å². The van der Waals surface area contributed by atoms with Gasteiger partial charge in [-0.15, -0.1) is 10.1 Å². The fourth-order valence-electron chi connectivity index (χ4n) is 0.333. The van der Waals surface area contributed by atoms with E-state index < -0.39 is 10.0 Å². The maximum absolute atomic E-state index is 9.62. The van der Waals surface area contributed by atoms with Crippen LogP contribution in [0.1, 0.15) is 6.42 Å². The molecule has 0 radical (unpaired) electrons. The van der Waals surface area contributed by atoms with Crippen molar-refractivity contribution >= 4 is 0 Å². The van der Waals surface area contributed by atoms with Gasteiger partial charge in [-0.3, -0.25) is 10.1 Å². The Bertz CT molecular complexity index is 119. The largest absolute Gasteiger partial charge is 0.314 e. The smallest absolute Gasteiger partial charge is 0.294 e. The molecule has 0 unspecified atom stereocenters. The molecule has 0 aromatic heterocycles. The SMILES string of the molecule is O=[N+]([O-])CCCO[N+](=O)[O-]. The van der Waals surface area contributed by atoms with Crippen LogP contribution in [0.25, 0.3) is 0 Å². The number of hydrogen-bond acceptors (Lipinski definition) is 5. The van der Waals surface area contributed by atoms with Crippen molar-refractivity contribution in [2.45, 2.75) is 6.42 Å². The summed E-state index contributed by atoms with van der Waals surface area (Å²) in [4.78, 5) is 22.3. The van der Waals surface area contributed by atoms with E-state index in [2.05, 4.69) is 4.84 Å². The van der Waals surface area contributed by atoms with Gasteiger partial charge in [0.05, 0.1) is 0 Å². The molecule has 0 aromatic rings. The summed E-state index contributed by atoms with van der Waals surface area (Å²) in [5, 5.41) is 18.1. The highest BCUT2D eigenvalue weighted by Crippen LogP contribution is 1.82. The van der Waals surface area contributed by atoms with Crippen molar-refractivity contribution in [2.24, 2.45) is 0 Å². The molecule has 0 bridgehead atoms. The Morgan fingerprint density at radius 1 is 1.30 bits per heavy atom. The molecule has 0 aromatic carbocycles. The zero-order valence-electron chi connectivity index (χ0n) is 5.06. The highest BCUT2D eigenvalue weighted by atomic mass is 16.9. The first kappa shape index (κ1) is 8.60. The van der Waals surface area contributed by atoms with Gasteiger partial charge in [-0.2, -0.15) is 0 Å². The van der Waals surface area contributed by atoms with Crippen molar-refractivity contribution in [1.29, 1.82) is 0 Å². The van der Waals surface area contributed by atoms with Crippen molar-refractivity contribution in [3.8, 4) is 0 Å². The molecule has 0 rings (SSSR count). The van der Waals surface area contributed by atoms with E-state index in [9.17, 15) is 20.2 Å². The van der Waals surface area contributed by atoms with Gasteiger partial charge in [0, 0.05) is 11.3 Å². The van der Waals surface area contributed by atoms with Gasteiger partial charge in [0.15, 0.2) is 0 Å². The molecule has 0 atom stereocenters. The molecule has 58 valence electrons. The summed E-state index contributed by atoms with van der Waals surface area (Å²) in [6.07, 6.45) is 0.0635. The van der Waals surface area contributed by atoms with E-state index in [-0.39, 0.29) is 19.6 Å². The van der Waals surface area contributed by atoms with Gasteiger partial charge in [0.1, 0.15) is 6.61 Å². The Labute approximate surface area is 55.8 Å². The molecule has 0 spiro atoms. The van der Waals surface area contributed by atoms with Crippen LogP contribution in [0, 0.1) is 20.2 Å². The van der Waals surface area contributed by atoms with Crippen LogP contribution < -0.4 is 0 Å². The third-order valence-electron chi connectivity index (χ3n) is 0.682. The van der Waals surface area contributed by atoms with Crippen molar-refractivity contribution in [3.63, 3.8) is 0 Å². The molecule has 0 amide bonds. The minimum Gasteiger partial charge on any atom is -0.314 e. The molecule has 7 heteroatoms. The predicted molar refractivity (Wildman–Crippen MR) is 29.4 cm³/mol. The van der Waals surface area contributed by atoms with Gasteiger partial charge in [0.25, 0.3) is 5.09 Å². The summed E-state index contributed by atoms with van der Waals surface area (Å²) in [7, 11) is 0. The van der Waals surface area contributed by atoms with E-state index in [4.69, 9.17) is 0 Å². The summed E-state index contributed by atoms with van der Waals surface area (Å²) >= 11 is 0. The number of nitro groups is 1. The summed E-state index contributed by atoms with van der Waals surface area (Å²) in [5.41, 5.74) is 0. The lowest BCUT2D eigenvalue weighted by atomic mass is 10.5. The molecule has 0 saturated carbocycles. The Morgan fingerprint density at radius 3 is 2.30 bits per heavy atom. The minimum atomic E-state index is -0.972. The number of hydrogen-bond donors (Lipinski definition) is 0. The first-order valence-corrected chi connectivity index (χ1v) is 2.52. The Balaban J connectivity index is 3.06. The molecule has 0 aliphatic heterocycles. The van der Waals surface area contributed by atoms with E-state index in [1.54, 1.807) is 0 Å². The van der Waals surface area contributed by atoms with Gasteiger partial charge in [0.2, 0.25) is 6.54 Å². The van der Waals surface area contributed by atoms with Crippen molar-refractivity contribution in [2.75, 3.05) is 13.2 Å². The molecule has 7 nitrogen and oxygen atoms in total. The minimum absolute atomic E-state index is 0.0635. The average molecular weight is 150 g/mol. The van der Waals surface area contributed by atoms with Crippen LogP contribution in [0.2, 0.25) is 0 Å². The third kappa shape index (κ3) is 6.60. The van der Waals surface area contributed by atoms with Crippen LogP contribution in [0.5, 0.6) is 0 Å². The maximum atomic E-state index is 9.62. The van der Waals surface area contributed by atoms with Crippen LogP contribution in [0.15, 0.2) is 0 Å². The molecule has 0 heterocycles. The third-order valence-corrected chi connectivity index (χ3v) is 0.682. The van der Waals surface area contributed by atoms with E-state index in [0.717, 1.165) is 0 Å². The Hall–Kier alpha value is -1.40. The van der Waals surface area contributed by atoms with Crippen molar-refractivity contribution < 1.29 is 14.8 Å². The first-order valence-electron chi connectivity index (χ1n) is 2.52. The lowest BCUT2D eigenvalue weighted by Crippen LogP contribution is -2.08. The second-order valence-electron chi connectivity index (χ2n) is 1.47. The Morgan fingerprint density at radius 2 is 1.90 bits per heavy atom. The summed E-state index contributed by atoms with van der Waals surface area (Å²) in [5.74, 6) is 0.